The van der Waals surface area contributed by atoms with Crippen molar-refractivity contribution in [1.29, 1.82) is 0 Å². The number of benzene rings is 1. The third-order valence-corrected chi connectivity index (χ3v) is 8.36. The molecule has 5 aliphatic heterocycles. The van der Waals surface area contributed by atoms with Gasteiger partial charge in [0.05, 0.1) is 40.5 Å². The van der Waals surface area contributed by atoms with E-state index in [0.29, 0.717) is 34.7 Å². The SMILES string of the molecule is Cc1cc(C)c(C2=C3C=C4C(=O)CC(=C5CC(C)(C)C(=CC6=NC(=CC7=NC2=C/C7=C/O)C=C6)N5)C4=N3)c(C)c1. The van der Waals surface area contributed by atoms with Crippen LogP contribution in [0.15, 0.2) is 115 Å². The standard InChI is InChI=1S/C34H30N4O2/c1-17-8-18(2)31(19(3)9-17)32-26-10-20(16-39)25(36-26)11-21-6-7-22(35-21)12-30-34(4,5)15-28(37-30)23-14-29(40)24-13-27(32)38-33(23)24/h6-13,16,37,39H,14-15H2,1-5H3/b20-16-,21-11?,28-23?,30-12?,32-27?. The first-order valence-electron chi connectivity index (χ1n) is 13.6. The first-order chi connectivity index (χ1) is 19.1. The van der Waals surface area contributed by atoms with Crippen LogP contribution in [0.3, 0.4) is 0 Å². The highest BCUT2D eigenvalue weighted by atomic mass is 16.2. The van der Waals surface area contributed by atoms with Crippen LogP contribution in [0.25, 0.3) is 5.57 Å². The number of allylic oxidation sites excluding steroid dienone is 12. The molecular formula is C34H30N4O2. The van der Waals surface area contributed by atoms with Crippen LogP contribution in [0, 0.1) is 26.2 Å². The van der Waals surface area contributed by atoms with Crippen LogP contribution in [-0.4, -0.2) is 28.0 Å². The Bertz CT molecular complexity index is 1800. The Morgan fingerprint density at radius 3 is 2.50 bits per heavy atom. The quantitative estimate of drug-likeness (QED) is 0.408. The number of aliphatic imine (C=N–C) groups is 3. The van der Waals surface area contributed by atoms with Crippen LogP contribution in [0.1, 0.15) is 48.9 Å². The summed E-state index contributed by atoms with van der Waals surface area (Å²) >= 11 is 0. The fraction of sp³-hybridized carbons (Fsp3) is 0.235. The fourth-order valence-electron chi connectivity index (χ4n) is 6.50. The van der Waals surface area contributed by atoms with Crippen LogP contribution in [0.2, 0.25) is 0 Å². The number of aliphatic hydroxyl groups is 1. The molecule has 8 bridgehead atoms. The number of carbonyl (C=O) groups is 1. The van der Waals surface area contributed by atoms with E-state index < -0.39 is 0 Å². The Morgan fingerprint density at radius 2 is 1.75 bits per heavy atom. The van der Waals surface area contributed by atoms with Crippen molar-refractivity contribution in [3.8, 4) is 0 Å². The van der Waals surface area contributed by atoms with Gasteiger partial charge in [-0.15, -0.1) is 0 Å². The van der Waals surface area contributed by atoms with Crippen molar-refractivity contribution in [2.75, 3.05) is 0 Å². The summed E-state index contributed by atoms with van der Waals surface area (Å²) in [5.74, 6) is 0.0855. The van der Waals surface area contributed by atoms with Gasteiger partial charge in [-0.25, -0.2) is 15.0 Å². The molecule has 0 aromatic heterocycles. The minimum atomic E-state index is -0.144. The van der Waals surface area contributed by atoms with E-state index >= 15 is 0 Å². The summed E-state index contributed by atoms with van der Waals surface area (Å²) in [5.41, 5.74) is 13.9. The fourth-order valence-corrected chi connectivity index (χ4v) is 6.50. The average molecular weight is 527 g/mol. The number of ketones is 1. The van der Waals surface area contributed by atoms with Gasteiger partial charge in [-0.1, -0.05) is 31.5 Å². The van der Waals surface area contributed by atoms with Crippen molar-refractivity contribution in [2.24, 2.45) is 20.4 Å². The number of hydrogen-bond donors (Lipinski definition) is 2. The van der Waals surface area contributed by atoms with Gasteiger partial charge in [0.1, 0.15) is 0 Å². The van der Waals surface area contributed by atoms with Crippen molar-refractivity contribution in [1.82, 2.24) is 5.32 Å². The van der Waals surface area contributed by atoms with Crippen molar-refractivity contribution in [3.05, 3.63) is 122 Å². The normalized spacial score (nSPS) is 23.3. The number of Topliss-reactive ketones (excluding diaryl/α,β-unsaturated/α-hetero) is 1. The first kappa shape index (κ1) is 24.5. The van der Waals surface area contributed by atoms with Crippen LogP contribution >= 0.6 is 0 Å². The Labute approximate surface area is 233 Å². The van der Waals surface area contributed by atoms with Gasteiger partial charge in [0.25, 0.3) is 0 Å². The smallest absolute Gasteiger partial charge is 0.169 e. The lowest BCUT2D eigenvalue weighted by Crippen LogP contribution is -2.15. The van der Waals surface area contributed by atoms with Gasteiger partial charge in [0.2, 0.25) is 0 Å². The number of carbonyl (C=O) groups excluding carboxylic acids is 1. The number of aliphatic hydroxyl groups excluding tert-OH is 1. The Morgan fingerprint density at radius 1 is 0.975 bits per heavy atom. The van der Waals surface area contributed by atoms with E-state index in [1.165, 1.54) is 5.56 Å². The molecule has 1 aromatic rings. The van der Waals surface area contributed by atoms with Crippen LogP contribution < -0.4 is 5.32 Å². The molecule has 5 heterocycles. The molecule has 40 heavy (non-hydrogen) atoms. The zero-order valence-electron chi connectivity index (χ0n) is 23.3. The van der Waals surface area contributed by atoms with E-state index in [0.717, 1.165) is 69.0 Å². The van der Waals surface area contributed by atoms with E-state index in [2.05, 4.69) is 58.1 Å². The minimum absolute atomic E-state index is 0.0855. The van der Waals surface area contributed by atoms with Crippen molar-refractivity contribution in [2.45, 2.75) is 47.5 Å². The maximum Gasteiger partial charge on any atom is 0.169 e. The van der Waals surface area contributed by atoms with Crippen LogP contribution in [0.4, 0.5) is 0 Å². The van der Waals surface area contributed by atoms with Gasteiger partial charge in [0.15, 0.2) is 5.78 Å². The first-order valence-corrected chi connectivity index (χ1v) is 13.6. The summed E-state index contributed by atoms with van der Waals surface area (Å²) in [7, 11) is 0. The van der Waals surface area contributed by atoms with Gasteiger partial charge < -0.3 is 10.4 Å². The monoisotopic (exact) mass is 526 g/mol. The van der Waals surface area contributed by atoms with E-state index in [4.69, 9.17) is 15.0 Å². The summed E-state index contributed by atoms with van der Waals surface area (Å²) < 4.78 is 0. The Kier molecular flexibility index (Phi) is 5.17. The number of nitrogens with one attached hydrogen (secondary N) is 1. The predicted octanol–water partition coefficient (Wildman–Crippen LogP) is 6.52. The largest absolute Gasteiger partial charge is 0.515 e. The number of rotatable bonds is 1. The van der Waals surface area contributed by atoms with Gasteiger partial charge in [-0.2, -0.15) is 0 Å². The molecule has 0 unspecified atom stereocenters. The lowest BCUT2D eigenvalue weighted by molar-refractivity contribution is -0.114. The summed E-state index contributed by atoms with van der Waals surface area (Å²) in [4.78, 5) is 28.3. The minimum Gasteiger partial charge on any atom is -0.515 e. The summed E-state index contributed by atoms with van der Waals surface area (Å²) in [6, 6.07) is 4.32. The van der Waals surface area contributed by atoms with Crippen molar-refractivity contribution >= 4 is 28.5 Å². The molecular weight excluding hydrogens is 496 g/mol. The zero-order valence-corrected chi connectivity index (χ0v) is 23.3. The average Bonchev–Trinajstić information content (AvgIpc) is 3.68. The maximum atomic E-state index is 13.3. The molecule has 1 aliphatic carbocycles. The lowest BCUT2D eigenvalue weighted by Gasteiger charge is -2.17. The third-order valence-electron chi connectivity index (χ3n) is 8.36. The van der Waals surface area contributed by atoms with Crippen LogP contribution in [0.5, 0.6) is 0 Å². The van der Waals surface area contributed by atoms with E-state index in [1.807, 2.05) is 30.4 Å². The second-order valence-corrected chi connectivity index (χ2v) is 11.9. The molecule has 2 N–H and O–H groups in total. The molecule has 1 saturated carbocycles. The molecule has 6 heteroatoms. The van der Waals surface area contributed by atoms with Crippen molar-refractivity contribution < 1.29 is 9.90 Å². The van der Waals surface area contributed by atoms with Gasteiger partial charge in [0, 0.05) is 45.5 Å². The topological polar surface area (TPSA) is 86.4 Å². The second-order valence-electron chi connectivity index (χ2n) is 11.9. The van der Waals surface area contributed by atoms with E-state index in [-0.39, 0.29) is 11.2 Å². The molecule has 7 rings (SSSR count). The number of hydrogen-bond acceptors (Lipinski definition) is 6. The predicted molar refractivity (Wildman–Crippen MR) is 160 cm³/mol. The summed E-state index contributed by atoms with van der Waals surface area (Å²) in [6.07, 6.45) is 14.0. The molecule has 1 saturated heterocycles. The van der Waals surface area contributed by atoms with Crippen LogP contribution in [-0.2, 0) is 4.79 Å². The van der Waals surface area contributed by atoms with Gasteiger partial charge in [-0.05, 0) is 80.3 Å². The summed E-state index contributed by atoms with van der Waals surface area (Å²) in [6.45, 7) is 10.7. The highest BCUT2D eigenvalue weighted by Crippen LogP contribution is 2.45. The molecule has 1 aromatic carbocycles. The number of aryl methyl sites for hydroxylation is 3. The molecule has 0 atom stereocenters. The third kappa shape index (κ3) is 3.70. The molecule has 0 spiro atoms. The molecule has 6 aliphatic rings. The van der Waals surface area contributed by atoms with E-state index in [9.17, 15) is 9.90 Å². The second kappa shape index (κ2) is 8.46. The lowest BCUT2D eigenvalue weighted by atomic mass is 9.87. The number of fused-ring (bicyclic) bond motifs is 5. The Hall–Kier alpha value is -4.58. The molecule has 0 radical (unpaired) electrons. The maximum absolute atomic E-state index is 13.3. The number of nitrogens with zero attached hydrogens (tertiary/aromatic N) is 3. The molecule has 0 amide bonds. The van der Waals surface area contributed by atoms with E-state index in [1.54, 1.807) is 0 Å². The molecule has 2 fully saturated rings. The zero-order chi connectivity index (χ0) is 27.9. The molecule has 198 valence electrons. The van der Waals surface area contributed by atoms with Gasteiger partial charge in [-0.3, -0.25) is 4.79 Å². The summed E-state index contributed by atoms with van der Waals surface area (Å²) in [5, 5.41) is 13.8. The van der Waals surface area contributed by atoms with Crippen molar-refractivity contribution in [3.63, 3.8) is 0 Å². The molecule has 6 nitrogen and oxygen atoms in total. The highest BCUT2D eigenvalue weighted by molar-refractivity contribution is 6.37. The van der Waals surface area contributed by atoms with Gasteiger partial charge >= 0.3 is 0 Å². The highest BCUT2D eigenvalue weighted by Gasteiger charge is 2.41. The Balaban J connectivity index is 1.56.